The number of aromatic amines is 1. The van der Waals surface area contributed by atoms with Crippen molar-refractivity contribution >= 4 is 62.6 Å². The van der Waals surface area contributed by atoms with Crippen LogP contribution in [-0.2, 0) is 0 Å². The topological polar surface area (TPSA) is 133 Å². The van der Waals surface area contributed by atoms with Crippen LogP contribution in [0, 0.1) is 0 Å². The number of nitrogens with one attached hydrogen (secondary N) is 3. The molecule has 0 spiro atoms. The number of hydrogen-bond acceptors (Lipinski definition) is 9. The van der Waals surface area contributed by atoms with Crippen molar-refractivity contribution in [3.8, 4) is 11.5 Å². The van der Waals surface area contributed by atoms with Crippen molar-refractivity contribution in [2.45, 2.75) is 0 Å². The summed E-state index contributed by atoms with van der Waals surface area (Å²) in [7, 11) is 3.24. The van der Waals surface area contributed by atoms with Crippen molar-refractivity contribution in [2.24, 2.45) is 0 Å². The summed E-state index contributed by atoms with van der Waals surface area (Å²) in [6.45, 7) is 2.83. The number of ether oxygens (including phenoxy) is 2. The number of aromatic nitrogens is 5. The van der Waals surface area contributed by atoms with Crippen LogP contribution in [0.1, 0.15) is 10.4 Å². The number of methoxy groups -OCH3 is 2. The second-order valence-corrected chi connectivity index (χ2v) is 9.71. The van der Waals surface area contributed by atoms with E-state index in [1.807, 2.05) is 18.2 Å². The average Bonchev–Trinajstić information content (AvgIpc) is 3.39. The third-order valence-corrected chi connectivity index (χ3v) is 7.26. The molecule has 1 aliphatic heterocycles. The van der Waals surface area contributed by atoms with Gasteiger partial charge in [-0.2, -0.15) is 0 Å². The van der Waals surface area contributed by atoms with E-state index in [2.05, 4.69) is 45.4 Å². The van der Waals surface area contributed by atoms with Crippen LogP contribution in [0.4, 0.5) is 17.5 Å². The minimum atomic E-state index is -0.271. The maximum absolute atomic E-state index is 12.3. The fourth-order valence-corrected chi connectivity index (χ4v) is 5.12. The Hall–Kier alpha value is -5.04. The van der Waals surface area contributed by atoms with E-state index in [4.69, 9.17) is 21.7 Å². The Bertz CT molecular complexity index is 1720. The van der Waals surface area contributed by atoms with Crippen molar-refractivity contribution < 1.29 is 14.3 Å². The number of benzene rings is 2. The van der Waals surface area contributed by atoms with E-state index in [1.54, 1.807) is 57.2 Å². The highest BCUT2D eigenvalue weighted by atomic mass is 32.1. The Labute approximate surface area is 240 Å². The van der Waals surface area contributed by atoms with Gasteiger partial charge in [0.2, 0.25) is 5.95 Å². The average molecular weight is 570 g/mol. The lowest BCUT2D eigenvalue weighted by molar-refractivity contribution is 0.102. The number of carbonyl (C=O) groups is 1. The predicted octanol–water partition coefficient (Wildman–Crippen LogP) is 3.69. The number of amides is 1. The Balaban J connectivity index is 1.11. The number of H-pyrrole nitrogens is 1. The molecule has 4 heterocycles. The van der Waals surface area contributed by atoms with Gasteiger partial charge >= 0.3 is 0 Å². The van der Waals surface area contributed by atoms with Crippen LogP contribution in [0.3, 0.4) is 0 Å². The van der Waals surface area contributed by atoms with Gasteiger partial charge in [0.05, 0.1) is 43.2 Å². The highest BCUT2D eigenvalue weighted by Gasteiger charge is 2.24. The maximum atomic E-state index is 12.3. The third-order valence-electron chi connectivity index (χ3n) is 6.90. The molecular formula is C28H27N9O3S. The van der Waals surface area contributed by atoms with Gasteiger partial charge in [-0.3, -0.25) is 10.1 Å². The number of piperazine rings is 1. The second-order valence-electron chi connectivity index (χ2n) is 9.32. The van der Waals surface area contributed by atoms with Gasteiger partial charge in [-0.25, -0.2) is 19.9 Å². The third kappa shape index (κ3) is 5.26. The van der Waals surface area contributed by atoms with Crippen LogP contribution in [0.2, 0.25) is 0 Å². The summed E-state index contributed by atoms with van der Waals surface area (Å²) in [6.07, 6.45) is 4.76. The van der Waals surface area contributed by atoms with Crippen LogP contribution in [0.15, 0.2) is 61.2 Å². The molecule has 0 saturated carbocycles. The molecule has 1 aliphatic rings. The summed E-state index contributed by atoms with van der Waals surface area (Å²) in [6, 6.07) is 12.8. The smallest absolute Gasteiger partial charge is 0.258 e. The number of nitrogens with zero attached hydrogens (tertiary/aromatic N) is 6. The summed E-state index contributed by atoms with van der Waals surface area (Å²) >= 11 is 5.67. The van der Waals surface area contributed by atoms with Crippen LogP contribution < -0.4 is 25.0 Å². The van der Waals surface area contributed by atoms with E-state index in [0.717, 1.165) is 40.8 Å². The van der Waals surface area contributed by atoms with Gasteiger partial charge in [0, 0.05) is 43.2 Å². The molecule has 12 nitrogen and oxygen atoms in total. The second kappa shape index (κ2) is 11.2. The van der Waals surface area contributed by atoms with Gasteiger partial charge in [-0.1, -0.05) is 18.2 Å². The fourth-order valence-electron chi connectivity index (χ4n) is 4.82. The molecule has 1 amide bonds. The summed E-state index contributed by atoms with van der Waals surface area (Å²) < 4.78 is 11.0. The molecule has 2 aromatic carbocycles. The lowest BCUT2D eigenvalue weighted by Crippen LogP contribution is -2.50. The molecule has 1 fully saturated rings. The number of thiocarbonyl (C=S) groups is 1. The molecule has 41 heavy (non-hydrogen) atoms. The van der Waals surface area contributed by atoms with Crippen molar-refractivity contribution in [3.63, 3.8) is 0 Å². The fraction of sp³-hybridized carbons (Fsp3) is 0.214. The summed E-state index contributed by atoms with van der Waals surface area (Å²) in [5, 5.41) is 8.37. The first-order chi connectivity index (χ1) is 20.0. The van der Waals surface area contributed by atoms with E-state index < -0.39 is 0 Å². The highest BCUT2D eigenvalue weighted by molar-refractivity contribution is 7.80. The van der Waals surface area contributed by atoms with Gasteiger partial charge < -0.3 is 29.6 Å². The first-order valence-electron chi connectivity index (χ1n) is 12.9. The molecule has 0 unspecified atom stereocenters. The summed E-state index contributed by atoms with van der Waals surface area (Å²) in [4.78, 5) is 37.6. The quantitative estimate of drug-likeness (QED) is 0.259. The van der Waals surface area contributed by atoms with Crippen molar-refractivity contribution in [3.05, 3.63) is 66.7 Å². The van der Waals surface area contributed by atoms with Gasteiger partial charge in [0.15, 0.2) is 16.6 Å². The Morgan fingerprint density at radius 1 is 0.927 bits per heavy atom. The predicted molar refractivity (Wildman–Crippen MR) is 161 cm³/mol. The molecule has 0 atom stereocenters. The van der Waals surface area contributed by atoms with Crippen molar-refractivity contribution in [2.75, 3.05) is 55.9 Å². The molecule has 1 saturated heterocycles. The van der Waals surface area contributed by atoms with Crippen molar-refractivity contribution in [1.82, 2.24) is 29.8 Å². The monoisotopic (exact) mass is 569 g/mol. The number of rotatable bonds is 6. The standard InChI is InChI=1S/C28H27N9O3S/c1-39-21-12-19-20(13-22(21)40-2)34-24-23(19)25(32-16-31-24)36-8-10-37(11-9-36)28(41)33-18-14-29-27(30-15-18)35-26(38)17-6-4-3-5-7-17/h3-7,12-16H,8-11H2,1-2H3,(H,33,41)(H,31,32,34)(H,29,30,35,38). The van der Waals surface area contributed by atoms with Gasteiger partial charge in [-0.05, 0) is 30.4 Å². The zero-order valence-electron chi connectivity index (χ0n) is 22.4. The van der Waals surface area contributed by atoms with Gasteiger partial charge in [0.1, 0.15) is 17.8 Å². The van der Waals surface area contributed by atoms with Crippen LogP contribution in [-0.4, -0.2) is 81.2 Å². The Morgan fingerprint density at radius 3 is 2.34 bits per heavy atom. The normalized spacial score (nSPS) is 13.3. The molecule has 0 bridgehead atoms. The minimum absolute atomic E-state index is 0.216. The van der Waals surface area contributed by atoms with Crippen LogP contribution in [0.5, 0.6) is 11.5 Å². The number of carbonyl (C=O) groups excluding carboxylic acids is 1. The molecule has 3 aromatic heterocycles. The van der Waals surface area contributed by atoms with Crippen LogP contribution in [0.25, 0.3) is 21.9 Å². The lowest BCUT2D eigenvalue weighted by Gasteiger charge is -2.37. The maximum Gasteiger partial charge on any atom is 0.258 e. The molecule has 5 aromatic rings. The summed E-state index contributed by atoms with van der Waals surface area (Å²) in [5.74, 6) is 2.09. The number of fused-ring (bicyclic) bond motifs is 3. The highest BCUT2D eigenvalue weighted by Crippen LogP contribution is 2.38. The lowest BCUT2D eigenvalue weighted by atomic mass is 10.1. The van der Waals surface area contributed by atoms with E-state index in [1.165, 1.54) is 0 Å². The van der Waals surface area contributed by atoms with E-state index in [9.17, 15) is 4.79 Å². The first kappa shape index (κ1) is 26.2. The number of hydrogen-bond donors (Lipinski definition) is 3. The molecule has 0 aliphatic carbocycles. The molecular weight excluding hydrogens is 542 g/mol. The van der Waals surface area contributed by atoms with E-state index in [-0.39, 0.29) is 11.9 Å². The Morgan fingerprint density at radius 2 is 1.63 bits per heavy atom. The summed E-state index contributed by atoms with van der Waals surface area (Å²) in [5.41, 5.74) is 2.82. The van der Waals surface area contributed by atoms with E-state index in [0.29, 0.717) is 41.0 Å². The van der Waals surface area contributed by atoms with Gasteiger partial charge in [-0.15, -0.1) is 0 Å². The van der Waals surface area contributed by atoms with Crippen molar-refractivity contribution in [1.29, 1.82) is 0 Å². The minimum Gasteiger partial charge on any atom is -0.493 e. The molecule has 13 heteroatoms. The zero-order valence-corrected chi connectivity index (χ0v) is 23.2. The SMILES string of the molecule is COc1cc2[nH]c3ncnc(N4CCN(C(=S)Nc5cnc(NC(=O)c6ccccc6)nc5)CC4)c3c2cc1OC. The molecule has 6 rings (SSSR count). The molecule has 208 valence electrons. The Kier molecular flexibility index (Phi) is 7.17. The molecule has 0 radical (unpaired) electrons. The van der Waals surface area contributed by atoms with Gasteiger partial charge in [0.25, 0.3) is 5.91 Å². The van der Waals surface area contributed by atoms with E-state index >= 15 is 0 Å². The zero-order chi connectivity index (χ0) is 28.3. The van der Waals surface area contributed by atoms with Crippen LogP contribution >= 0.6 is 12.2 Å². The first-order valence-corrected chi connectivity index (χ1v) is 13.3. The largest absolute Gasteiger partial charge is 0.493 e. The molecule has 3 N–H and O–H groups in total. The number of anilines is 3.